The molecule has 2 atom stereocenters. The second kappa shape index (κ2) is 9.40. The Bertz CT molecular complexity index is 1200. The van der Waals surface area contributed by atoms with Crippen LogP contribution in [0.25, 0.3) is 10.8 Å². The fourth-order valence-corrected chi connectivity index (χ4v) is 5.96. The van der Waals surface area contributed by atoms with Gasteiger partial charge in [0.15, 0.2) is 6.29 Å². The van der Waals surface area contributed by atoms with E-state index in [0.29, 0.717) is 11.6 Å². The maximum absolute atomic E-state index is 13.7. The number of carbonyl (C=O) groups is 1. The van der Waals surface area contributed by atoms with Crippen molar-refractivity contribution in [3.63, 3.8) is 0 Å². The largest absolute Gasteiger partial charge is 0.496 e. The van der Waals surface area contributed by atoms with Crippen molar-refractivity contribution in [2.24, 2.45) is 5.41 Å². The second-order valence-corrected chi connectivity index (χ2v) is 11.2. The molecule has 0 fully saturated rings. The van der Waals surface area contributed by atoms with Crippen LogP contribution in [-0.2, 0) is 9.59 Å². The molecule has 1 amide bonds. The number of anilines is 1. The minimum Gasteiger partial charge on any atom is -0.496 e. The number of hydrogen-bond acceptors (Lipinski definition) is 4. The third-order valence-corrected chi connectivity index (χ3v) is 7.44. The molecule has 0 N–H and O–H groups in total. The summed E-state index contributed by atoms with van der Waals surface area (Å²) in [4.78, 5) is 26.9. The highest BCUT2D eigenvalue weighted by atomic mass is 35.5. The summed E-state index contributed by atoms with van der Waals surface area (Å²) in [5.41, 5.74) is 2.74. The van der Waals surface area contributed by atoms with Crippen LogP contribution in [0.1, 0.15) is 43.6 Å². The summed E-state index contributed by atoms with van der Waals surface area (Å²) in [7, 11) is 1.66. The van der Waals surface area contributed by atoms with Crippen molar-refractivity contribution >= 4 is 52.0 Å². The Morgan fingerprint density at radius 1 is 1.06 bits per heavy atom. The van der Waals surface area contributed by atoms with Crippen LogP contribution in [0.2, 0.25) is 5.02 Å². The minimum absolute atomic E-state index is 0.0381. The number of carbonyl (C=O) groups excluding carboxylic acids is 2. The number of hydrogen-bond donors (Lipinski definition) is 0. The van der Waals surface area contributed by atoms with Crippen LogP contribution in [0.15, 0.2) is 54.6 Å². The number of amides is 1. The van der Waals surface area contributed by atoms with Crippen LogP contribution in [0.5, 0.6) is 5.75 Å². The van der Waals surface area contributed by atoms with Gasteiger partial charge in [0.05, 0.1) is 17.6 Å². The first kappa shape index (κ1) is 23.7. The molecule has 6 heteroatoms. The number of benzene rings is 3. The van der Waals surface area contributed by atoms with E-state index >= 15 is 0 Å². The zero-order valence-electron chi connectivity index (χ0n) is 19.2. The lowest BCUT2D eigenvalue weighted by molar-refractivity contribution is -0.118. The predicted octanol–water partition coefficient (Wildman–Crippen LogP) is 6.59. The highest BCUT2D eigenvalue weighted by molar-refractivity contribution is 8.01. The number of ether oxygens (including phenoxy) is 1. The first-order chi connectivity index (χ1) is 15.7. The molecule has 4 rings (SSSR count). The van der Waals surface area contributed by atoms with E-state index in [-0.39, 0.29) is 23.0 Å². The maximum Gasteiger partial charge on any atom is 0.240 e. The van der Waals surface area contributed by atoms with E-state index in [9.17, 15) is 9.59 Å². The zero-order chi connectivity index (χ0) is 23.8. The Morgan fingerprint density at radius 3 is 2.45 bits per heavy atom. The molecule has 0 spiro atoms. The average molecular weight is 481 g/mol. The van der Waals surface area contributed by atoms with Crippen molar-refractivity contribution in [3.05, 3.63) is 70.7 Å². The minimum atomic E-state index is -0.540. The van der Waals surface area contributed by atoms with Gasteiger partial charge in [-0.1, -0.05) is 62.7 Å². The fourth-order valence-electron chi connectivity index (χ4n) is 4.36. The summed E-state index contributed by atoms with van der Waals surface area (Å²) in [6.45, 7) is 6.84. The Labute approximate surface area is 204 Å². The van der Waals surface area contributed by atoms with Crippen LogP contribution < -0.4 is 9.64 Å². The molecule has 1 aliphatic heterocycles. The molecule has 1 radical (unpaired) electrons. The molecule has 0 unspecified atom stereocenters. The van der Waals surface area contributed by atoms with Gasteiger partial charge in [0, 0.05) is 29.1 Å². The Balaban J connectivity index is 1.97. The van der Waals surface area contributed by atoms with Crippen LogP contribution in [0.3, 0.4) is 0 Å². The van der Waals surface area contributed by atoms with E-state index in [1.165, 1.54) is 11.8 Å². The van der Waals surface area contributed by atoms with Gasteiger partial charge in [0.2, 0.25) is 5.91 Å². The predicted molar refractivity (Wildman–Crippen MR) is 137 cm³/mol. The molecule has 0 bridgehead atoms. The van der Waals surface area contributed by atoms with Crippen molar-refractivity contribution in [2.45, 2.75) is 37.7 Å². The topological polar surface area (TPSA) is 46.6 Å². The van der Waals surface area contributed by atoms with Gasteiger partial charge < -0.3 is 9.64 Å². The first-order valence-electron chi connectivity index (χ1n) is 10.9. The molecule has 0 saturated heterocycles. The molecule has 4 nitrogen and oxygen atoms in total. The van der Waals surface area contributed by atoms with Gasteiger partial charge in [-0.2, -0.15) is 0 Å². The van der Waals surface area contributed by atoms with Crippen LogP contribution in [-0.4, -0.2) is 31.1 Å². The van der Waals surface area contributed by atoms with E-state index in [1.54, 1.807) is 7.11 Å². The van der Waals surface area contributed by atoms with Crippen molar-refractivity contribution in [1.82, 2.24) is 0 Å². The Morgan fingerprint density at radius 2 is 1.79 bits per heavy atom. The SMILES string of the molecule is COc1ccc([C@@H]2S[C@@H](C[C]=O)C(=O)N(CC(C)(C)C)c3ccc(Cl)cc32)c2ccccc12. The van der Waals surface area contributed by atoms with Crippen molar-refractivity contribution in [3.8, 4) is 5.75 Å². The van der Waals surface area contributed by atoms with Gasteiger partial charge >= 0.3 is 0 Å². The normalized spacial score (nSPS) is 18.7. The molecular weight excluding hydrogens is 454 g/mol. The van der Waals surface area contributed by atoms with Crippen molar-refractivity contribution < 1.29 is 14.3 Å². The second-order valence-electron chi connectivity index (χ2n) is 9.44. The summed E-state index contributed by atoms with van der Waals surface area (Å²) >= 11 is 7.96. The Kier molecular flexibility index (Phi) is 6.73. The first-order valence-corrected chi connectivity index (χ1v) is 12.2. The van der Waals surface area contributed by atoms with Crippen LogP contribution in [0.4, 0.5) is 5.69 Å². The van der Waals surface area contributed by atoms with Gasteiger partial charge in [-0.05, 0) is 46.2 Å². The molecule has 0 saturated carbocycles. The summed E-state index contributed by atoms with van der Waals surface area (Å²) in [5.74, 6) is 0.727. The molecule has 0 aliphatic carbocycles. The van der Waals surface area contributed by atoms with Gasteiger partial charge in [0.1, 0.15) is 5.75 Å². The molecule has 1 heterocycles. The lowest BCUT2D eigenvalue weighted by Gasteiger charge is -2.31. The third kappa shape index (κ3) is 4.75. The molecule has 3 aromatic carbocycles. The number of halogens is 1. The summed E-state index contributed by atoms with van der Waals surface area (Å²) in [6, 6.07) is 17.8. The van der Waals surface area contributed by atoms with Gasteiger partial charge in [-0.15, -0.1) is 11.8 Å². The number of rotatable bonds is 5. The molecule has 171 valence electrons. The van der Waals surface area contributed by atoms with E-state index in [1.807, 2.05) is 53.7 Å². The monoisotopic (exact) mass is 480 g/mol. The molecule has 3 aromatic rings. The lowest BCUT2D eigenvalue weighted by Crippen LogP contribution is -2.42. The number of thioether (sulfide) groups is 1. The highest BCUT2D eigenvalue weighted by Gasteiger charge is 2.38. The lowest BCUT2D eigenvalue weighted by atomic mass is 9.93. The third-order valence-electron chi connectivity index (χ3n) is 5.73. The maximum atomic E-state index is 13.7. The quantitative estimate of drug-likeness (QED) is 0.413. The van der Waals surface area contributed by atoms with Crippen LogP contribution in [0, 0.1) is 5.41 Å². The number of fused-ring (bicyclic) bond motifs is 2. The van der Waals surface area contributed by atoms with Crippen LogP contribution >= 0.6 is 23.4 Å². The summed E-state index contributed by atoms with van der Waals surface area (Å²) < 4.78 is 5.59. The molecule has 0 aromatic heterocycles. The number of methoxy groups -OCH3 is 1. The highest BCUT2D eigenvalue weighted by Crippen LogP contribution is 2.50. The summed E-state index contributed by atoms with van der Waals surface area (Å²) in [5, 5.41) is 1.93. The average Bonchev–Trinajstić information content (AvgIpc) is 2.88. The van der Waals surface area contributed by atoms with E-state index in [0.717, 1.165) is 33.3 Å². The van der Waals surface area contributed by atoms with E-state index < -0.39 is 5.25 Å². The van der Waals surface area contributed by atoms with Gasteiger partial charge in [-0.25, -0.2) is 0 Å². The summed E-state index contributed by atoms with van der Waals surface area (Å²) in [6.07, 6.45) is 2.02. The van der Waals surface area contributed by atoms with Crippen molar-refractivity contribution in [1.29, 1.82) is 0 Å². The number of nitrogens with zero attached hydrogens (tertiary/aromatic N) is 1. The van der Waals surface area contributed by atoms with Gasteiger partial charge in [0.25, 0.3) is 0 Å². The zero-order valence-corrected chi connectivity index (χ0v) is 20.8. The molecule has 1 aliphatic rings. The van der Waals surface area contributed by atoms with Gasteiger partial charge in [-0.3, -0.25) is 9.59 Å². The fraction of sp³-hybridized carbons (Fsp3) is 0.333. The smallest absolute Gasteiger partial charge is 0.240 e. The standard InChI is InChI=1S/C27H27ClNO3S/c1-27(2,3)16-29-22-11-9-17(28)15-21(22)25(33-24(13-14-30)26(29)31)20-10-12-23(32-4)19-8-6-5-7-18(19)20/h5-12,15,24-25H,13,16H2,1-4H3/t24-,25-/m0/s1. The Hall–Kier alpha value is -2.50. The van der Waals surface area contributed by atoms with E-state index in [2.05, 4.69) is 32.9 Å². The molecule has 33 heavy (non-hydrogen) atoms. The van der Waals surface area contributed by atoms with Crippen molar-refractivity contribution in [2.75, 3.05) is 18.6 Å². The van der Waals surface area contributed by atoms with E-state index in [4.69, 9.17) is 16.3 Å². The molecular formula is C27H27ClNO3S.